The number of hydrogen-bond donors (Lipinski definition) is 1. The van der Waals surface area contributed by atoms with Gasteiger partial charge in [0.15, 0.2) is 6.20 Å². The minimum Gasteiger partial charge on any atom is -0.618 e. The van der Waals surface area contributed by atoms with Crippen LogP contribution in [0.5, 0.6) is 5.75 Å². The van der Waals surface area contributed by atoms with E-state index in [0.29, 0.717) is 34.3 Å². The number of carbonyl (C=O) groups excluding carboxylic acids is 1. The number of thioether (sulfide) groups is 1. The largest absolute Gasteiger partial charge is 0.618 e. The van der Waals surface area contributed by atoms with Crippen LogP contribution in [-0.2, 0) is 14.8 Å². The summed E-state index contributed by atoms with van der Waals surface area (Å²) in [5.41, 5.74) is 0.292. The van der Waals surface area contributed by atoms with Crippen molar-refractivity contribution in [3.8, 4) is 5.75 Å². The molecule has 31 heavy (non-hydrogen) atoms. The molecule has 0 unspecified atom stereocenters. The van der Waals surface area contributed by atoms with Crippen LogP contribution in [0.1, 0.15) is 33.1 Å². The lowest BCUT2D eigenvalue weighted by molar-refractivity contribution is -0.645. The normalized spacial score (nSPS) is 15.1. The minimum atomic E-state index is -3.65. The molecule has 1 aromatic heterocycles. The highest BCUT2D eigenvalue weighted by molar-refractivity contribution is 7.99. The van der Waals surface area contributed by atoms with Crippen molar-refractivity contribution in [2.45, 2.75) is 49.1 Å². The summed E-state index contributed by atoms with van der Waals surface area (Å²) in [5.74, 6) is 0.0238. The van der Waals surface area contributed by atoms with Gasteiger partial charge < -0.3 is 15.3 Å². The Morgan fingerprint density at radius 3 is 2.65 bits per heavy atom. The maximum atomic E-state index is 13.0. The van der Waals surface area contributed by atoms with Crippen molar-refractivity contribution in [3.63, 3.8) is 0 Å². The monoisotopic (exact) mass is 465 g/mol. The van der Waals surface area contributed by atoms with Crippen LogP contribution in [0.15, 0.2) is 52.5 Å². The van der Waals surface area contributed by atoms with Gasteiger partial charge in [0.05, 0.1) is 22.4 Å². The molecule has 1 fully saturated rings. The standard InChI is InChI=1S/C21H27N3O5S2/c1-16(2)29-19-10-9-17(31(27,28)23-11-5-3-6-12-23)14-18(19)22-20(25)15-30-21-8-4-7-13-24(21)26/h4,7-10,13-14,16H,3,5-6,11-12,15H2,1-2H3,(H,22,25). The molecule has 1 aliphatic heterocycles. The van der Waals surface area contributed by atoms with E-state index in [2.05, 4.69) is 5.32 Å². The van der Waals surface area contributed by atoms with E-state index < -0.39 is 10.0 Å². The lowest BCUT2D eigenvalue weighted by Gasteiger charge is -2.26. The second kappa shape index (κ2) is 10.3. The number of piperidine rings is 1. The molecule has 10 heteroatoms. The van der Waals surface area contributed by atoms with Gasteiger partial charge in [0, 0.05) is 25.2 Å². The summed E-state index contributed by atoms with van der Waals surface area (Å²) in [6.45, 7) is 4.69. The topological polar surface area (TPSA) is 103 Å². The van der Waals surface area contributed by atoms with E-state index in [0.717, 1.165) is 31.0 Å². The summed E-state index contributed by atoms with van der Waals surface area (Å²) in [7, 11) is -3.65. The zero-order valence-electron chi connectivity index (χ0n) is 17.6. The van der Waals surface area contributed by atoms with Crippen molar-refractivity contribution >= 4 is 33.4 Å². The summed E-state index contributed by atoms with van der Waals surface area (Å²) in [6, 6.07) is 9.49. The molecule has 1 N–H and O–H groups in total. The Morgan fingerprint density at radius 2 is 1.97 bits per heavy atom. The van der Waals surface area contributed by atoms with Crippen molar-refractivity contribution in [2.75, 3.05) is 24.2 Å². The third-order valence-electron chi connectivity index (χ3n) is 4.68. The number of hydrogen-bond acceptors (Lipinski definition) is 6. The van der Waals surface area contributed by atoms with Crippen molar-refractivity contribution in [3.05, 3.63) is 47.8 Å². The smallest absolute Gasteiger partial charge is 0.251 e. The number of amides is 1. The highest BCUT2D eigenvalue weighted by atomic mass is 32.2. The van der Waals surface area contributed by atoms with Gasteiger partial charge in [-0.1, -0.05) is 6.42 Å². The molecule has 168 valence electrons. The minimum absolute atomic E-state index is 0.00350. The van der Waals surface area contributed by atoms with Gasteiger partial charge in [-0.3, -0.25) is 4.79 Å². The molecule has 3 rings (SSSR count). The van der Waals surface area contributed by atoms with Crippen molar-refractivity contribution in [1.82, 2.24) is 4.31 Å². The Bertz CT molecular complexity index is 1020. The molecule has 0 radical (unpaired) electrons. The van der Waals surface area contributed by atoms with E-state index >= 15 is 0 Å². The van der Waals surface area contributed by atoms with Crippen LogP contribution in [0.4, 0.5) is 5.69 Å². The molecule has 1 aliphatic rings. The van der Waals surface area contributed by atoms with Gasteiger partial charge in [0.2, 0.25) is 15.9 Å². The van der Waals surface area contributed by atoms with Crippen LogP contribution < -0.4 is 14.8 Å². The van der Waals surface area contributed by atoms with Crippen LogP contribution in [0.3, 0.4) is 0 Å². The molecular weight excluding hydrogens is 438 g/mol. The maximum Gasteiger partial charge on any atom is 0.251 e. The molecule has 2 aromatic rings. The van der Waals surface area contributed by atoms with Gasteiger partial charge in [-0.2, -0.15) is 9.04 Å². The SMILES string of the molecule is CC(C)Oc1ccc(S(=O)(=O)N2CCCCC2)cc1NC(=O)CSc1cccc[n+]1[O-]. The zero-order valence-corrected chi connectivity index (χ0v) is 19.2. The molecule has 1 amide bonds. The summed E-state index contributed by atoms with van der Waals surface area (Å²) in [6.07, 6.45) is 3.92. The number of nitrogens with one attached hydrogen (secondary N) is 1. The van der Waals surface area contributed by atoms with E-state index in [1.54, 1.807) is 24.3 Å². The lowest BCUT2D eigenvalue weighted by atomic mass is 10.2. The molecule has 8 nitrogen and oxygen atoms in total. The molecular formula is C21H27N3O5S2. The Morgan fingerprint density at radius 1 is 1.23 bits per heavy atom. The van der Waals surface area contributed by atoms with E-state index in [9.17, 15) is 18.4 Å². The zero-order chi connectivity index (χ0) is 22.4. The summed E-state index contributed by atoms with van der Waals surface area (Å²) < 4.78 is 34.0. The third-order valence-corrected chi connectivity index (χ3v) is 7.59. The Balaban J connectivity index is 1.80. The fourth-order valence-electron chi connectivity index (χ4n) is 3.23. The van der Waals surface area contributed by atoms with E-state index in [1.807, 2.05) is 13.8 Å². The van der Waals surface area contributed by atoms with E-state index in [4.69, 9.17) is 4.74 Å². The van der Waals surface area contributed by atoms with E-state index in [1.165, 1.54) is 22.6 Å². The predicted molar refractivity (Wildman–Crippen MR) is 120 cm³/mol. The number of carbonyl (C=O) groups is 1. The molecule has 1 aromatic carbocycles. The van der Waals surface area contributed by atoms with Gasteiger partial charge >= 0.3 is 0 Å². The first-order valence-corrected chi connectivity index (χ1v) is 12.6. The average molecular weight is 466 g/mol. The number of rotatable bonds is 8. The Labute approximate surface area is 187 Å². The van der Waals surface area contributed by atoms with Gasteiger partial charge in [-0.25, -0.2) is 8.42 Å². The number of ether oxygens (including phenoxy) is 1. The molecule has 0 atom stereocenters. The Kier molecular flexibility index (Phi) is 7.79. The van der Waals surface area contributed by atoms with Crippen LogP contribution in [0, 0.1) is 5.21 Å². The third kappa shape index (κ3) is 6.11. The molecule has 1 saturated heterocycles. The fraction of sp³-hybridized carbons (Fsp3) is 0.429. The summed E-state index contributed by atoms with van der Waals surface area (Å²) in [5, 5.41) is 14.9. The number of nitrogens with zero attached hydrogens (tertiary/aromatic N) is 2. The first-order chi connectivity index (χ1) is 14.8. The number of sulfonamides is 1. The number of pyridine rings is 1. The van der Waals surface area contributed by atoms with Crippen LogP contribution in [-0.4, -0.2) is 43.6 Å². The first-order valence-electron chi connectivity index (χ1n) is 10.2. The van der Waals surface area contributed by atoms with E-state index in [-0.39, 0.29) is 22.7 Å². The van der Waals surface area contributed by atoms with Crippen LogP contribution in [0.2, 0.25) is 0 Å². The molecule has 0 bridgehead atoms. The molecule has 0 saturated carbocycles. The van der Waals surface area contributed by atoms with Gasteiger partial charge in [-0.15, -0.1) is 0 Å². The second-order valence-corrected chi connectivity index (χ2v) is 10.4. The Hall–Kier alpha value is -2.30. The first kappa shape index (κ1) is 23.4. The average Bonchev–Trinajstić information content (AvgIpc) is 2.74. The number of benzene rings is 1. The number of aromatic nitrogens is 1. The number of anilines is 1. The van der Waals surface area contributed by atoms with Crippen molar-refractivity contribution in [2.24, 2.45) is 0 Å². The highest BCUT2D eigenvalue weighted by Crippen LogP contribution is 2.31. The summed E-state index contributed by atoms with van der Waals surface area (Å²) >= 11 is 1.10. The quantitative estimate of drug-likeness (QED) is 0.365. The van der Waals surface area contributed by atoms with Crippen molar-refractivity contribution in [1.29, 1.82) is 0 Å². The second-order valence-electron chi connectivity index (χ2n) is 7.49. The van der Waals surface area contributed by atoms with Gasteiger partial charge in [0.1, 0.15) is 5.75 Å². The summed E-state index contributed by atoms with van der Waals surface area (Å²) in [4.78, 5) is 12.7. The lowest BCUT2D eigenvalue weighted by Crippen LogP contribution is -2.35. The predicted octanol–water partition coefficient (Wildman–Crippen LogP) is 3.01. The maximum absolute atomic E-state index is 13.0. The molecule has 2 heterocycles. The molecule has 0 aliphatic carbocycles. The van der Waals surface area contributed by atoms with Crippen molar-refractivity contribution < 1.29 is 22.7 Å². The fourth-order valence-corrected chi connectivity index (χ4v) is 5.49. The highest BCUT2D eigenvalue weighted by Gasteiger charge is 2.27. The van der Waals surface area contributed by atoms with Crippen LogP contribution >= 0.6 is 11.8 Å². The van der Waals surface area contributed by atoms with Gasteiger partial charge in [0.25, 0.3) is 5.03 Å². The van der Waals surface area contributed by atoms with Crippen LogP contribution in [0.25, 0.3) is 0 Å². The van der Waals surface area contributed by atoms with Gasteiger partial charge in [-0.05, 0) is 62.7 Å². The molecule has 0 spiro atoms.